The second kappa shape index (κ2) is 4.89. The van der Waals surface area contributed by atoms with Gasteiger partial charge < -0.3 is 28.8 Å². The summed E-state index contributed by atoms with van der Waals surface area (Å²) in [6.07, 6.45) is 0.182. The lowest BCUT2D eigenvalue weighted by molar-refractivity contribution is -0.0865. The Morgan fingerprint density at radius 1 is 1.00 bits per heavy atom. The zero-order valence-electron chi connectivity index (χ0n) is 14.8. The number of aliphatic hydroxyl groups is 1. The first-order valence-electron chi connectivity index (χ1n) is 8.98. The van der Waals surface area contributed by atoms with E-state index in [1.165, 1.54) is 0 Å². The Morgan fingerprint density at radius 3 is 2.59 bits per heavy atom. The summed E-state index contributed by atoms with van der Waals surface area (Å²) in [5, 5.41) is 11.4. The van der Waals surface area contributed by atoms with Gasteiger partial charge in [0.05, 0.1) is 0 Å². The number of benzene rings is 2. The lowest BCUT2D eigenvalue weighted by atomic mass is 9.84. The molecule has 0 bridgehead atoms. The van der Waals surface area contributed by atoms with Crippen molar-refractivity contribution in [3.8, 4) is 28.7 Å². The topological polar surface area (TPSA) is 66.4 Å². The zero-order valence-corrected chi connectivity index (χ0v) is 14.8. The summed E-state index contributed by atoms with van der Waals surface area (Å²) in [5.74, 6) is 3.33. The Kier molecular flexibility index (Phi) is 2.76. The highest BCUT2D eigenvalue weighted by molar-refractivity contribution is 5.60. The van der Waals surface area contributed by atoms with Gasteiger partial charge in [0, 0.05) is 29.7 Å². The molecule has 4 aliphatic heterocycles. The monoisotopic (exact) mass is 366 g/mol. The van der Waals surface area contributed by atoms with Crippen LogP contribution in [0.2, 0.25) is 0 Å². The third kappa shape index (κ3) is 1.93. The first-order chi connectivity index (χ1) is 13.0. The molecule has 1 N–H and O–H groups in total. The first kappa shape index (κ1) is 15.2. The Morgan fingerprint density at radius 2 is 1.78 bits per heavy atom. The van der Waals surface area contributed by atoms with Crippen molar-refractivity contribution in [3.63, 3.8) is 0 Å². The second-order valence-corrected chi connectivity index (χ2v) is 7.57. The van der Waals surface area contributed by atoms with Crippen LogP contribution in [0.25, 0.3) is 0 Å². The van der Waals surface area contributed by atoms with E-state index in [0.717, 1.165) is 28.9 Å². The van der Waals surface area contributed by atoms with Crippen molar-refractivity contribution in [2.45, 2.75) is 31.2 Å². The number of fused-ring (bicyclic) bond motifs is 7. The number of hydrogen-bond donors (Lipinski definition) is 1. The predicted octanol–water partition coefficient (Wildman–Crippen LogP) is 3.01. The summed E-state index contributed by atoms with van der Waals surface area (Å²) in [7, 11) is 0. The Bertz CT molecular complexity index is 1010. The number of ether oxygens (including phenoxy) is 5. The van der Waals surface area contributed by atoms with Gasteiger partial charge in [-0.05, 0) is 30.2 Å². The van der Waals surface area contributed by atoms with E-state index >= 15 is 0 Å². The van der Waals surface area contributed by atoms with Crippen LogP contribution in [0.3, 0.4) is 0 Å². The normalized spacial score (nSPS) is 28.2. The van der Waals surface area contributed by atoms with Gasteiger partial charge in [0.2, 0.25) is 6.79 Å². The molecule has 138 valence electrons. The van der Waals surface area contributed by atoms with Crippen molar-refractivity contribution in [1.82, 2.24) is 0 Å². The Balaban J connectivity index is 1.44. The van der Waals surface area contributed by atoms with Gasteiger partial charge in [-0.25, -0.2) is 0 Å². The first-order valence-corrected chi connectivity index (χ1v) is 8.98. The van der Waals surface area contributed by atoms with Crippen molar-refractivity contribution in [1.29, 1.82) is 0 Å². The van der Waals surface area contributed by atoms with Gasteiger partial charge >= 0.3 is 0 Å². The maximum atomic E-state index is 11.4. The molecule has 0 radical (unpaired) electrons. The van der Waals surface area contributed by atoms with Gasteiger partial charge in [-0.15, -0.1) is 0 Å². The maximum Gasteiger partial charge on any atom is 0.231 e. The fraction of sp³-hybridized carbons (Fsp3) is 0.333. The zero-order chi connectivity index (χ0) is 18.3. The van der Waals surface area contributed by atoms with Crippen LogP contribution in [0.15, 0.2) is 36.4 Å². The highest BCUT2D eigenvalue weighted by Gasteiger charge is 2.54. The Labute approximate surface area is 155 Å². The van der Waals surface area contributed by atoms with Crippen molar-refractivity contribution < 1.29 is 28.8 Å². The molecule has 0 saturated heterocycles. The van der Waals surface area contributed by atoms with E-state index in [4.69, 9.17) is 23.7 Å². The Hall–Kier alpha value is -2.86. The molecule has 3 unspecified atom stereocenters. The van der Waals surface area contributed by atoms with Crippen LogP contribution >= 0.6 is 0 Å². The predicted molar refractivity (Wildman–Crippen MR) is 94.7 cm³/mol. The van der Waals surface area contributed by atoms with Gasteiger partial charge in [0.15, 0.2) is 23.2 Å². The van der Waals surface area contributed by atoms with E-state index < -0.39 is 11.7 Å². The van der Waals surface area contributed by atoms with Crippen molar-refractivity contribution >= 4 is 0 Å². The largest absolute Gasteiger partial charge is 0.489 e. The molecule has 2 aromatic carbocycles. The van der Waals surface area contributed by atoms with E-state index in [9.17, 15) is 5.11 Å². The van der Waals surface area contributed by atoms with Crippen molar-refractivity contribution in [3.05, 3.63) is 53.1 Å². The van der Waals surface area contributed by atoms with E-state index in [-0.39, 0.29) is 19.5 Å². The van der Waals surface area contributed by atoms with Crippen LogP contribution in [0.4, 0.5) is 0 Å². The van der Waals surface area contributed by atoms with E-state index in [2.05, 4.69) is 6.58 Å². The van der Waals surface area contributed by atoms with Gasteiger partial charge in [-0.2, -0.15) is 0 Å². The highest BCUT2D eigenvalue weighted by Crippen LogP contribution is 2.57. The van der Waals surface area contributed by atoms with Crippen LogP contribution in [-0.2, 0) is 12.0 Å². The number of hydrogen-bond acceptors (Lipinski definition) is 6. The molecule has 0 amide bonds. The van der Waals surface area contributed by atoms with Crippen LogP contribution in [0.5, 0.6) is 28.7 Å². The summed E-state index contributed by atoms with van der Waals surface area (Å²) in [6.45, 7) is 6.23. The van der Waals surface area contributed by atoms with Crippen molar-refractivity contribution in [2.24, 2.45) is 0 Å². The highest BCUT2D eigenvalue weighted by atomic mass is 16.7. The molecular formula is C21H18O6. The summed E-state index contributed by atoms with van der Waals surface area (Å²) >= 11 is 0. The third-order valence-corrected chi connectivity index (χ3v) is 5.77. The molecule has 2 aromatic rings. The number of rotatable bonds is 1. The molecule has 4 heterocycles. The molecule has 4 aliphatic rings. The summed E-state index contributed by atoms with van der Waals surface area (Å²) in [5.41, 5.74) is 2.28. The SMILES string of the molecule is C=C(C)C1Cc2cc3c(cc2O1)OCC1(O)c2cc4c(cc2OC31)OCO4. The molecule has 0 saturated carbocycles. The molecule has 27 heavy (non-hydrogen) atoms. The molecule has 0 aromatic heterocycles. The maximum absolute atomic E-state index is 11.4. The minimum absolute atomic E-state index is 0.0262. The van der Waals surface area contributed by atoms with Gasteiger partial charge in [0.1, 0.15) is 30.0 Å². The summed E-state index contributed by atoms with van der Waals surface area (Å²) < 4.78 is 29.0. The van der Waals surface area contributed by atoms with Crippen LogP contribution < -0.4 is 23.7 Å². The third-order valence-electron chi connectivity index (χ3n) is 5.77. The second-order valence-electron chi connectivity index (χ2n) is 7.57. The fourth-order valence-corrected chi connectivity index (χ4v) is 4.28. The summed E-state index contributed by atoms with van der Waals surface area (Å²) in [6, 6.07) is 7.49. The molecule has 0 spiro atoms. The molecule has 0 aliphatic carbocycles. The van der Waals surface area contributed by atoms with Gasteiger partial charge in [-0.3, -0.25) is 0 Å². The van der Waals surface area contributed by atoms with E-state index in [1.54, 1.807) is 12.1 Å². The van der Waals surface area contributed by atoms with Gasteiger partial charge in [0.25, 0.3) is 0 Å². The fourth-order valence-electron chi connectivity index (χ4n) is 4.28. The standard InChI is InChI=1S/C21H18O6/c1-10(2)14-4-11-3-12-16(6-15(11)26-14)23-8-21(22)13-5-18-19(25-9-24-18)7-17(13)27-20(12)21/h3,5-7,14,20,22H,1,4,8-9H2,2H3. The molecule has 3 atom stereocenters. The smallest absolute Gasteiger partial charge is 0.231 e. The van der Waals surface area contributed by atoms with Crippen LogP contribution in [0.1, 0.15) is 29.7 Å². The van der Waals surface area contributed by atoms with Crippen LogP contribution in [-0.4, -0.2) is 24.6 Å². The average molecular weight is 366 g/mol. The minimum Gasteiger partial charge on any atom is -0.489 e. The molecule has 6 nitrogen and oxygen atoms in total. The molecule has 6 heteroatoms. The molecular weight excluding hydrogens is 348 g/mol. The lowest BCUT2D eigenvalue weighted by Crippen LogP contribution is -2.41. The van der Waals surface area contributed by atoms with Crippen LogP contribution in [0, 0.1) is 0 Å². The molecule has 0 fully saturated rings. The average Bonchev–Trinajstić information content (AvgIpc) is 3.33. The van der Waals surface area contributed by atoms with Crippen molar-refractivity contribution in [2.75, 3.05) is 13.4 Å². The van der Waals surface area contributed by atoms with E-state index in [1.807, 2.05) is 19.1 Å². The summed E-state index contributed by atoms with van der Waals surface area (Å²) in [4.78, 5) is 0. The minimum atomic E-state index is -1.27. The lowest BCUT2D eigenvalue weighted by Gasteiger charge is -2.35. The quantitative estimate of drug-likeness (QED) is 0.783. The molecule has 6 rings (SSSR count). The van der Waals surface area contributed by atoms with Gasteiger partial charge in [-0.1, -0.05) is 6.58 Å². The van der Waals surface area contributed by atoms with E-state index in [0.29, 0.717) is 28.6 Å².